The number of carbonyl (C=O) groups is 1. The summed E-state index contributed by atoms with van der Waals surface area (Å²) in [6.45, 7) is 3.20. The predicted octanol–water partition coefficient (Wildman–Crippen LogP) is 2.46. The Bertz CT molecular complexity index is 371. The lowest BCUT2D eigenvalue weighted by molar-refractivity contribution is -0.131. The molecule has 4 saturated carbocycles. The van der Waals surface area contributed by atoms with Crippen molar-refractivity contribution in [2.75, 3.05) is 6.54 Å². The number of rotatable bonds is 2. The summed E-state index contributed by atoms with van der Waals surface area (Å²) in [5.41, 5.74) is 0.194. The highest BCUT2D eigenvalue weighted by atomic mass is 16.2. The van der Waals surface area contributed by atoms with Crippen molar-refractivity contribution in [3.8, 4) is 0 Å². The summed E-state index contributed by atoms with van der Waals surface area (Å²) >= 11 is 0. The van der Waals surface area contributed by atoms with E-state index in [-0.39, 0.29) is 11.5 Å². The van der Waals surface area contributed by atoms with Crippen LogP contribution in [0.2, 0.25) is 0 Å². The monoisotopic (exact) mass is 276 g/mol. The van der Waals surface area contributed by atoms with Crippen molar-refractivity contribution in [2.24, 2.45) is 23.7 Å². The van der Waals surface area contributed by atoms with Crippen LogP contribution in [0, 0.1) is 23.7 Å². The zero-order chi connectivity index (χ0) is 13.7. The van der Waals surface area contributed by atoms with Gasteiger partial charge in [0, 0.05) is 17.5 Å². The number of amides is 1. The highest BCUT2D eigenvalue weighted by Crippen LogP contribution is 2.55. The van der Waals surface area contributed by atoms with Crippen LogP contribution in [-0.2, 0) is 4.79 Å². The minimum Gasteiger partial charge on any atom is -0.350 e. The number of piperidine rings is 1. The Balaban J connectivity index is 1.44. The fourth-order valence-corrected chi connectivity index (χ4v) is 6.00. The Morgan fingerprint density at radius 3 is 2.20 bits per heavy atom. The van der Waals surface area contributed by atoms with Crippen LogP contribution in [0.15, 0.2) is 0 Å². The fraction of sp³-hybridized carbons (Fsp3) is 0.941. The highest BCUT2D eigenvalue weighted by Gasteiger charge is 2.51. The summed E-state index contributed by atoms with van der Waals surface area (Å²) in [6, 6.07) is 0.496. The van der Waals surface area contributed by atoms with Gasteiger partial charge < -0.3 is 10.6 Å². The smallest absolute Gasteiger partial charge is 0.223 e. The van der Waals surface area contributed by atoms with Crippen molar-refractivity contribution in [1.29, 1.82) is 0 Å². The number of hydrogen-bond acceptors (Lipinski definition) is 2. The number of carbonyl (C=O) groups excluding carboxylic acids is 1. The van der Waals surface area contributed by atoms with Crippen LogP contribution < -0.4 is 10.6 Å². The van der Waals surface area contributed by atoms with Crippen LogP contribution in [0.4, 0.5) is 0 Å². The van der Waals surface area contributed by atoms with Gasteiger partial charge in [0.05, 0.1) is 0 Å². The zero-order valence-electron chi connectivity index (χ0n) is 12.7. The van der Waals surface area contributed by atoms with Crippen LogP contribution in [0.25, 0.3) is 0 Å². The summed E-state index contributed by atoms with van der Waals surface area (Å²) < 4.78 is 0. The SMILES string of the molecule is C[C@H]1C[C@@H](C(=O)NC23CC4CC(CC(C4)C2)C3)CCN1. The highest BCUT2D eigenvalue weighted by molar-refractivity contribution is 5.79. The number of hydrogen-bond donors (Lipinski definition) is 2. The van der Waals surface area contributed by atoms with Gasteiger partial charge in [-0.15, -0.1) is 0 Å². The molecule has 0 aromatic rings. The van der Waals surface area contributed by atoms with E-state index in [0.717, 1.165) is 37.1 Å². The molecule has 1 amide bonds. The Hall–Kier alpha value is -0.570. The molecule has 1 heterocycles. The Labute approximate surface area is 122 Å². The molecular weight excluding hydrogens is 248 g/mol. The summed E-state index contributed by atoms with van der Waals surface area (Å²) in [4.78, 5) is 12.7. The van der Waals surface area contributed by atoms with E-state index in [1.807, 2.05) is 0 Å². The van der Waals surface area contributed by atoms with E-state index in [2.05, 4.69) is 17.6 Å². The molecule has 0 aromatic carbocycles. The van der Waals surface area contributed by atoms with Gasteiger partial charge in [-0.2, -0.15) is 0 Å². The van der Waals surface area contributed by atoms with Crippen LogP contribution in [0.1, 0.15) is 58.3 Å². The summed E-state index contributed by atoms with van der Waals surface area (Å²) in [5.74, 6) is 3.34. The average molecular weight is 276 g/mol. The Morgan fingerprint density at radius 1 is 1.05 bits per heavy atom. The van der Waals surface area contributed by atoms with Crippen molar-refractivity contribution in [1.82, 2.24) is 10.6 Å². The van der Waals surface area contributed by atoms with Gasteiger partial charge in [0.2, 0.25) is 5.91 Å². The van der Waals surface area contributed by atoms with Gasteiger partial charge >= 0.3 is 0 Å². The molecule has 1 aliphatic heterocycles. The molecule has 2 N–H and O–H groups in total. The molecule has 5 fully saturated rings. The fourth-order valence-electron chi connectivity index (χ4n) is 6.00. The van der Waals surface area contributed by atoms with Gasteiger partial charge in [-0.3, -0.25) is 4.79 Å². The second-order valence-electron chi connectivity index (χ2n) is 8.26. The molecule has 3 nitrogen and oxygen atoms in total. The zero-order valence-corrected chi connectivity index (χ0v) is 12.7. The van der Waals surface area contributed by atoms with Crippen molar-refractivity contribution >= 4 is 5.91 Å². The lowest BCUT2D eigenvalue weighted by Crippen LogP contribution is -2.61. The van der Waals surface area contributed by atoms with Crippen molar-refractivity contribution in [2.45, 2.75) is 69.9 Å². The van der Waals surface area contributed by atoms with Crippen molar-refractivity contribution in [3.63, 3.8) is 0 Å². The van der Waals surface area contributed by atoms with Crippen molar-refractivity contribution in [3.05, 3.63) is 0 Å². The minimum atomic E-state index is 0.194. The molecule has 0 unspecified atom stereocenters. The average Bonchev–Trinajstić information content (AvgIpc) is 2.36. The third-order valence-electron chi connectivity index (χ3n) is 6.42. The lowest BCUT2D eigenvalue weighted by Gasteiger charge is -2.57. The summed E-state index contributed by atoms with van der Waals surface area (Å²) in [5, 5.41) is 6.99. The first-order chi connectivity index (χ1) is 9.62. The standard InChI is InChI=1S/C17H28N2O/c1-11-4-15(2-3-18-11)16(20)19-17-8-12-5-13(9-17)7-14(6-12)10-17/h11-15,18H,2-10H2,1H3,(H,19,20)/t11-,12?,13?,14?,15-,17?/m0/s1. The molecule has 0 radical (unpaired) electrons. The number of nitrogens with one attached hydrogen (secondary N) is 2. The normalized spacial score (nSPS) is 50.1. The first kappa shape index (κ1) is 13.1. The largest absolute Gasteiger partial charge is 0.350 e. The maximum absolute atomic E-state index is 12.7. The van der Waals surface area contributed by atoms with E-state index in [0.29, 0.717) is 11.9 Å². The van der Waals surface area contributed by atoms with E-state index in [4.69, 9.17) is 0 Å². The van der Waals surface area contributed by atoms with Crippen LogP contribution in [0.5, 0.6) is 0 Å². The third-order valence-corrected chi connectivity index (χ3v) is 6.42. The molecule has 20 heavy (non-hydrogen) atoms. The lowest BCUT2D eigenvalue weighted by atomic mass is 9.53. The first-order valence-electron chi connectivity index (χ1n) is 8.67. The second-order valence-corrected chi connectivity index (χ2v) is 8.26. The molecule has 5 rings (SSSR count). The summed E-state index contributed by atoms with van der Waals surface area (Å²) in [7, 11) is 0. The Morgan fingerprint density at radius 2 is 1.65 bits per heavy atom. The molecule has 2 atom stereocenters. The van der Waals surface area contributed by atoms with E-state index >= 15 is 0 Å². The minimum absolute atomic E-state index is 0.194. The molecule has 0 aromatic heterocycles. The van der Waals surface area contributed by atoms with E-state index in [1.165, 1.54) is 38.5 Å². The Kier molecular flexibility index (Phi) is 3.10. The topological polar surface area (TPSA) is 41.1 Å². The molecule has 0 spiro atoms. The van der Waals surface area contributed by atoms with E-state index in [9.17, 15) is 4.79 Å². The van der Waals surface area contributed by atoms with E-state index < -0.39 is 0 Å². The first-order valence-corrected chi connectivity index (χ1v) is 8.67. The van der Waals surface area contributed by atoms with Gasteiger partial charge in [-0.1, -0.05) is 0 Å². The van der Waals surface area contributed by atoms with Gasteiger partial charge in [0.25, 0.3) is 0 Å². The van der Waals surface area contributed by atoms with Crippen molar-refractivity contribution < 1.29 is 4.79 Å². The third kappa shape index (κ3) is 2.28. The quantitative estimate of drug-likeness (QED) is 0.813. The van der Waals surface area contributed by atoms with Gasteiger partial charge in [0.15, 0.2) is 0 Å². The molecule has 4 bridgehead atoms. The summed E-state index contributed by atoms with van der Waals surface area (Å²) in [6.07, 6.45) is 10.2. The van der Waals surface area contributed by atoms with Crippen LogP contribution >= 0.6 is 0 Å². The van der Waals surface area contributed by atoms with Gasteiger partial charge in [-0.25, -0.2) is 0 Å². The molecule has 4 aliphatic carbocycles. The van der Waals surface area contributed by atoms with Gasteiger partial charge in [-0.05, 0) is 82.6 Å². The molecule has 112 valence electrons. The maximum Gasteiger partial charge on any atom is 0.223 e. The van der Waals surface area contributed by atoms with Crippen LogP contribution in [-0.4, -0.2) is 24.0 Å². The predicted molar refractivity (Wildman–Crippen MR) is 79.2 cm³/mol. The maximum atomic E-state index is 12.7. The molecule has 5 aliphatic rings. The molecular formula is C17H28N2O. The molecule has 1 saturated heterocycles. The second kappa shape index (κ2) is 4.72. The van der Waals surface area contributed by atoms with E-state index in [1.54, 1.807) is 0 Å². The van der Waals surface area contributed by atoms with Crippen LogP contribution in [0.3, 0.4) is 0 Å². The van der Waals surface area contributed by atoms with Gasteiger partial charge in [0.1, 0.15) is 0 Å². The molecule has 3 heteroatoms.